The number of carbonyl (C=O) groups excluding carboxylic acids is 2. The molecule has 0 aliphatic heterocycles. The van der Waals surface area contributed by atoms with Gasteiger partial charge in [-0.2, -0.15) is 0 Å². The molecule has 0 aliphatic rings. The Morgan fingerprint density at radius 1 is 1.04 bits per heavy atom. The molecule has 1 aromatic heterocycles. The van der Waals surface area contributed by atoms with Crippen LogP contribution >= 0.6 is 0 Å². The van der Waals surface area contributed by atoms with E-state index in [0.29, 0.717) is 17.1 Å². The van der Waals surface area contributed by atoms with Crippen molar-refractivity contribution in [2.45, 2.75) is 27.7 Å². The minimum absolute atomic E-state index is 0.101. The van der Waals surface area contributed by atoms with Gasteiger partial charge in [-0.15, -0.1) is 0 Å². The van der Waals surface area contributed by atoms with Gasteiger partial charge < -0.3 is 10.6 Å². The van der Waals surface area contributed by atoms with Gasteiger partial charge in [-0.1, -0.05) is 26.8 Å². The van der Waals surface area contributed by atoms with Crippen LogP contribution in [0.5, 0.6) is 0 Å². The van der Waals surface area contributed by atoms with Crippen molar-refractivity contribution >= 4 is 23.3 Å². The Morgan fingerprint density at radius 2 is 1.78 bits per heavy atom. The number of nitrogens with zero attached hydrogens (tertiary/aromatic N) is 1. The molecule has 0 bridgehead atoms. The predicted octanol–water partition coefficient (Wildman–Crippen LogP) is 3.63. The van der Waals surface area contributed by atoms with Crippen LogP contribution in [0.3, 0.4) is 0 Å². The summed E-state index contributed by atoms with van der Waals surface area (Å²) in [4.78, 5) is 28.4. The SMILES string of the molecule is Cc1ccnc(NC(=O)c2cccc(NC(=O)C(C)(C)C)c2)c1. The lowest BCUT2D eigenvalue weighted by molar-refractivity contribution is -0.123. The Morgan fingerprint density at radius 3 is 2.43 bits per heavy atom. The summed E-state index contributed by atoms with van der Waals surface area (Å²) in [6.07, 6.45) is 1.64. The van der Waals surface area contributed by atoms with E-state index in [2.05, 4.69) is 15.6 Å². The summed E-state index contributed by atoms with van der Waals surface area (Å²) in [5.41, 5.74) is 1.57. The van der Waals surface area contributed by atoms with Crippen LogP contribution in [0.2, 0.25) is 0 Å². The molecule has 0 radical (unpaired) electrons. The van der Waals surface area contributed by atoms with E-state index in [9.17, 15) is 9.59 Å². The standard InChI is InChI=1S/C18H21N3O2/c1-12-8-9-19-15(10-12)21-16(22)13-6-5-7-14(11-13)20-17(23)18(2,3)4/h5-11H,1-4H3,(H,20,23)(H,19,21,22). The Kier molecular flexibility index (Phi) is 4.79. The van der Waals surface area contributed by atoms with Gasteiger partial charge in [0, 0.05) is 22.9 Å². The molecule has 1 aromatic carbocycles. The molecule has 1 heterocycles. The molecule has 5 nitrogen and oxygen atoms in total. The zero-order chi connectivity index (χ0) is 17.0. The number of rotatable bonds is 3. The number of hydrogen-bond donors (Lipinski definition) is 2. The first kappa shape index (κ1) is 16.7. The van der Waals surface area contributed by atoms with Crippen molar-refractivity contribution in [3.63, 3.8) is 0 Å². The van der Waals surface area contributed by atoms with E-state index in [-0.39, 0.29) is 11.8 Å². The van der Waals surface area contributed by atoms with Crippen molar-refractivity contribution in [2.24, 2.45) is 5.41 Å². The molecule has 23 heavy (non-hydrogen) atoms. The summed E-state index contributed by atoms with van der Waals surface area (Å²) in [5, 5.41) is 5.56. The highest BCUT2D eigenvalue weighted by Gasteiger charge is 2.21. The zero-order valence-corrected chi connectivity index (χ0v) is 13.8. The van der Waals surface area contributed by atoms with Crippen molar-refractivity contribution in [1.82, 2.24) is 4.98 Å². The average Bonchev–Trinajstić information content (AvgIpc) is 2.46. The first-order valence-corrected chi connectivity index (χ1v) is 7.41. The van der Waals surface area contributed by atoms with Crippen LogP contribution in [-0.4, -0.2) is 16.8 Å². The molecule has 0 atom stereocenters. The maximum Gasteiger partial charge on any atom is 0.256 e. The van der Waals surface area contributed by atoms with Crippen molar-refractivity contribution in [3.05, 3.63) is 53.7 Å². The second-order valence-corrected chi connectivity index (χ2v) is 6.46. The lowest BCUT2D eigenvalue weighted by Crippen LogP contribution is -2.27. The largest absolute Gasteiger partial charge is 0.326 e. The van der Waals surface area contributed by atoms with Crippen molar-refractivity contribution < 1.29 is 9.59 Å². The molecular formula is C18H21N3O2. The molecule has 2 N–H and O–H groups in total. The van der Waals surface area contributed by atoms with Crippen molar-refractivity contribution in [1.29, 1.82) is 0 Å². The normalized spacial score (nSPS) is 11.0. The number of pyridine rings is 1. The van der Waals surface area contributed by atoms with Gasteiger partial charge in [0.25, 0.3) is 5.91 Å². The van der Waals surface area contributed by atoms with Crippen LogP contribution in [0, 0.1) is 12.3 Å². The van der Waals surface area contributed by atoms with Gasteiger partial charge in [0.1, 0.15) is 5.82 Å². The Hall–Kier alpha value is -2.69. The topological polar surface area (TPSA) is 71.1 Å². The van der Waals surface area contributed by atoms with Gasteiger partial charge in [0.05, 0.1) is 0 Å². The number of aromatic nitrogens is 1. The van der Waals surface area contributed by atoms with E-state index >= 15 is 0 Å². The predicted molar refractivity (Wildman–Crippen MR) is 91.5 cm³/mol. The zero-order valence-electron chi connectivity index (χ0n) is 13.8. The van der Waals surface area contributed by atoms with Crippen LogP contribution in [0.4, 0.5) is 11.5 Å². The fourth-order valence-electron chi connectivity index (χ4n) is 1.85. The van der Waals surface area contributed by atoms with Crippen molar-refractivity contribution in [3.8, 4) is 0 Å². The number of nitrogens with one attached hydrogen (secondary N) is 2. The lowest BCUT2D eigenvalue weighted by atomic mass is 9.95. The summed E-state index contributed by atoms with van der Waals surface area (Å²) in [6, 6.07) is 10.5. The average molecular weight is 311 g/mol. The van der Waals surface area contributed by atoms with Crippen LogP contribution < -0.4 is 10.6 Å². The third kappa shape index (κ3) is 4.64. The molecule has 0 unspecified atom stereocenters. The van der Waals surface area contributed by atoms with E-state index in [4.69, 9.17) is 0 Å². The second-order valence-electron chi connectivity index (χ2n) is 6.46. The molecule has 2 aromatic rings. The number of anilines is 2. The summed E-state index contributed by atoms with van der Waals surface area (Å²) < 4.78 is 0. The number of benzene rings is 1. The first-order valence-electron chi connectivity index (χ1n) is 7.41. The minimum Gasteiger partial charge on any atom is -0.326 e. The lowest BCUT2D eigenvalue weighted by Gasteiger charge is -2.18. The molecule has 5 heteroatoms. The fourth-order valence-corrected chi connectivity index (χ4v) is 1.85. The maximum absolute atomic E-state index is 12.3. The fraction of sp³-hybridized carbons (Fsp3) is 0.278. The molecule has 0 saturated carbocycles. The molecule has 0 spiro atoms. The minimum atomic E-state index is -0.496. The van der Waals surface area contributed by atoms with Gasteiger partial charge in [-0.3, -0.25) is 9.59 Å². The van der Waals surface area contributed by atoms with E-state index in [0.717, 1.165) is 5.56 Å². The summed E-state index contributed by atoms with van der Waals surface area (Å²) in [6.45, 7) is 7.44. The Bertz CT molecular complexity index is 733. The molecule has 2 rings (SSSR count). The molecule has 2 amide bonds. The van der Waals surface area contributed by atoms with E-state index in [1.807, 2.05) is 33.8 Å². The number of aryl methyl sites for hydroxylation is 1. The molecule has 120 valence electrons. The summed E-state index contributed by atoms with van der Waals surface area (Å²) >= 11 is 0. The monoisotopic (exact) mass is 311 g/mol. The quantitative estimate of drug-likeness (QED) is 0.909. The Balaban J connectivity index is 2.13. The van der Waals surface area contributed by atoms with Gasteiger partial charge in [-0.25, -0.2) is 4.98 Å². The highest BCUT2D eigenvalue weighted by atomic mass is 16.2. The highest BCUT2D eigenvalue weighted by Crippen LogP contribution is 2.18. The molecule has 0 aliphatic carbocycles. The summed E-state index contributed by atoms with van der Waals surface area (Å²) in [5.74, 6) is 0.129. The van der Waals surface area contributed by atoms with E-state index in [1.165, 1.54) is 0 Å². The Labute approximate surface area is 136 Å². The number of amides is 2. The molecular weight excluding hydrogens is 290 g/mol. The van der Waals surface area contributed by atoms with Crippen molar-refractivity contribution in [2.75, 3.05) is 10.6 Å². The highest BCUT2D eigenvalue weighted by molar-refractivity contribution is 6.05. The number of hydrogen-bond acceptors (Lipinski definition) is 3. The summed E-state index contributed by atoms with van der Waals surface area (Å²) in [7, 11) is 0. The van der Waals surface area contributed by atoms with E-state index in [1.54, 1.807) is 36.5 Å². The smallest absolute Gasteiger partial charge is 0.256 e. The first-order chi connectivity index (χ1) is 10.8. The van der Waals surface area contributed by atoms with Gasteiger partial charge in [0.2, 0.25) is 5.91 Å². The van der Waals surface area contributed by atoms with Crippen LogP contribution in [-0.2, 0) is 4.79 Å². The second kappa shape index (κ2) is 6.60. The van der Waals surface area contributed by atoms with Gasteiger partial charge in [0.15, 0.2) is 0 Å². The number of carbonyl (C=O) groups is 2. The van der Waals surface area contributed by atoms with Crippen LogP contribution in [0.15, 0.2) is 42.6 Å². The van der Waals surface area contributed by atoms with Crippen LogP contribution in [0.1, 0.15) is 36.7 Å². The molecule has 0 fully saturated rings. The van der Waals surface area contributed by atoms with Gasteiger partial charge >= 0.3 is 0 Å². The van der Waals surface area contributed by atoms with E-state index < -0.39 is 5.41 Å². The maximum atomic E-state index is 12.3. The molecule has 0 saturated heterocycles. The van der Waals surface area contributed by atoms with Gasteiger partial charge in [-0.05, 0) is 42.8 Å². The van der Waals surface area contributed by atoms with Crippen LogP contribution in [0.25, 0.3) is 0 Å². The third-order valence-corrected chi connectivity index (χ3v) is 3.22. The third-order valence-electron chi connectivity index (χ3n) is 3.22.